The van der Waals surface area contributed by atoms with Crippen LogP contribution in [0.1, 0.15) is 30.8 Å². The van der Waals surface area contributed by atoms with E-state index in [-0.39, 0.29) is 0 Å². The molecular formula is C16H24N4O2S. The Bertz CT molecular complexity index is 554. The van der Waals surface area contributed by atoms with Gasteiger partial charge in [-0.2, -0.15) is 5.10 Å². The van der Waals surface area contributed by atoms with Crippen molar-refractivity contribution in [2.75, 3.05) is 39.4 Å². The number of hydrazone groups is 1. The number of morpholine rings is 1. The highest BCUT2D eigenvalue weighted by Crippen LogP contribution is 2.47. The van der Waals surface area contributed by atoms with Crippen LogP contribution in [-0.2, 0) is 4.74 Å². The second-order valence-corrected chi connectivity index (χ2v) is 6.55. The zero-order valence-electron chi connectivity index (χ0n) is 13.5. The third-order valence-corrected chi connectivity index (χ3v) is 4.53. The zero-order chi connectivity index (χ0) is 16.1. The van der Waals surface area contributed by atoms with Crippen molar-refractivity contribution in [1.82, 2.24) is 15.6 Å². The summed E-state index contributed by atoms with van der Waals surface area (Å²) in [6.07, 6.45) is 2.88. The van der Waals surface area contributed by atoms with Crippen LogP contribution in [-0.4, -0.2) is 55.6 Å². The number of furan rings is 1. The lowest BCUT2D eigenvalue weighted by atomic mass is 10.3. The summed E-state index contributed by atoms with van der Waals surface area (Å²) in [5.41, 5.74) is 2.82. The number of hydrogen-bond acceptors (Lipinski definition) is 5. The first-order valence-electron chi connectivity index (χ1n) is 8.19. The summed E-state index contributed by atoms with van der Waals surface area (Å²) in [6, 6.07) is 3.98. The number of rotatable bonds is 6. The van der Waals surface area contributed by atoms with Crippen LogP contribution in [0.2, 0.25) is 0 Å². The van der Waals surface area contributed by atoms with Crippen molar-refractivity contribution in [3.8, 4) is 0 Å². The van der Waals surface area contributed by atoms with Crippen LogP contribution in [0.3, 0.4) is 0 Å². The predicted octanol–water partition coefficient (Wildman–Crippen LogP) is 1.53. The van der Waals surface area contributed by atoms with Crippen molar-refractivity contribution in [3.05, 3.63) is 23.7 Å². The number of nitrogens with zero attached hydrogens (tertiary/aromatic N) is 2. The summed E-state index contributed by atoms with van der Waals surface area (Å²) < 4.78 is 11.1. The molecule has 0 aromatic carbocycles. The molecule has 2 aliphatic rings. The SMILES string of the molecule is C[C@H]1C[C@H]1c1ccc(/C=N\NC(=S)NCCN2CCOCC2)o1. The summed E-state index contributed by atoms with van der Waals surface area (Å²) in [6.45, 7) is 7.60. The topological polar surface area (TPSA) is 62.0 Å². The minimum atomic E-state index is 0.525. The molecule has 0 amide bonds. The summed E-state index contributed by atoms with van der Waals surface area (Å²) in [7, 11) is 0. The molecule has 2 fully saturated rings. The standard InChI is InChI=1S/C16H24N4O2S/c1-12-10-14(12)15-3-2-13(22-15)11-18-19-16(23)17-4-5-20-6-8-21-9-7-20/h2-3,11-12,14H,4-10H2,1H3,(H2,17,19,23)/b18-11-/t12-,14+/m0/s1. The average molecular weight is 336 g/mol. The molecule has 1 aromatic heterocycles. The highest BCUT2D eigenvalue weighted by Gasteiger charge is 2.36. The molecule has 1 saturated carbocycles. The number of hydrogen-bond donors (Lipinski definition) is 2. The molecule has 0 radical (unpaired) electrons. The Kier molecular flexibility index (Phi) is 5.64. The van der Waals surface area contributed by atoms with Crippen LogP contribution in [0.15, 0.2) is 21.7 Å². The van der Waals surface area contributed by atoms with Crippen molar-refractivity contribution in [2.45, 2.75) is 19.3 Å². The van der Waals surface area contributed by atoms with E-state index in [2.05, 4.69) is 27.7 Å². The van der Waals surface area contributed by atoms with Gasteiger partial charge < -0.3 is 14.5 Å². The van der Waals surface area contributed by atoms with Gasteiger partial charge in [-0.25, -0.2) is 0 Å². The van der Waals surface area contributed by atoms with E-state index in [1.54, 1.807) is 6.21 Å². The van der Waals surface area contributed by atoms with Gasteiger partial charge in [0.05, 0.1) is 19.4 Å². The Morgan fingerprint density at radius 1 is 1.43 bits per heavy atom. The number of ether oxygens (including phenoxy) is 1. The predicted molar refractivity (Wildman–Crippen MR) is 93.8 cm³/mol. The lowest BCUT2D eigenvalue weighted by Crippen LogP contribution is -2.42. The van der Waals surface area contributed by atoms with Crippen molar-refractivity contribution < 1.29 is 9.15 Å². The fourth-order valence-corrected chi connectivity index (χ4v) is 2.86. The van der Waals surface area contributed by atoms with Gasteiger partial charge in [0.15, 0.2) is 5.11 Å². The molecule has 6 nitrogen and oxygen atoms in total. The molecule has 1 saturated heterocycles. The van der Waals surface area contributed by atoms with Gasteiger partial charge in [-0.15, -0.1) is 0 Å². The molecule has 2 atom stereocenters. The van der Waals surface area contributed by atoms with E-state index in [1.807, 2.05) is 12.1 Å². The van der Waals surface area contributed by atoms with E-state index in [0.717, 1.165) is 56.8 Å². The Morgan fingerprint density at radius 3 is 2.96 bits per heavy atom. The Balaban J connectivity index is 1.32. The molecule has 0 spiro atoms. The molecule has 0 bridgehead atoms. The van der Waals surface area contributed by atoms with Gasteiger partial charge in [-0.3, -0.25) is 10.3 Å². The third-order valence-electron chi connectivity index (χ3n) is 4.30. The van der Waals surface area contributed by atoms with Crippen molar-refractivity contribution in [3.63, 3.8) is 0 Å². The summed E-state index contributed by atoms with van der Waals surface area (Å²) >= 11 is 5.20. The maximum Gasteiger partial charge on any atom is 0.187 e. The third kappa shape index (κ3) is 5.02. The largest absolute Gasteiger partial charge is 0.460 e. The second-order valence-electron chi connectivity index (χ2n) is 6.14. The molecule has 1 aromatic rings. The zero-order valence-corrected chi connectivity index (χ0v) is 14.3. The molecule has 0 unspecified atom stereocenters. The van der Waals surface area contributed by atoms with E-state index in [9.17, 15) is 0 Å². The van der Waals surface area contributed by atoms with E-state index in [1.165, 1.54) is 6.42 Å². The molecular weight excluding hydrogens is 312 g/mol. The minimum Gasteiger partial charge on any atom is -0.460 e. The molecule has 2 heterocycles. The van der Waals surface area contributed by atoms with Crippen molar-refractivity contribution in [2.24, 2.45) is 11.0 Å². The average Bonchev–Trinajstić information content (AvgIpc) is 3.09. The van der Waals surface area contributed by atoms with E-state index < -0.39 is 0 Å². The van der Waals surface area contributed by atoms with Gasteiger partial charge in [0, 0.05) is 32.1 Å². The molecule has 1 aliphatic heterocycles. The van der Waals surface area contributed by atoms with Crippen LogP contribution in [0, 0.1) is 5.92 Å². The fraction of sp³-hybridized carbons (Fsp3) is 0.625. The molecule has 126 valence electrons. The first kappa shape index (κ1) is 16.4. The molecule has 7 heteroatoms. The van der Waals surface area contributed by atoms with Crippen molar-refractivity contribution in [1.29, 1.82) is 0 Å². The summed E-state index contributed by atoms with van der Waals surface area (Å²) in [4.78, 5) is 2.35. The number of nitrogens with one attached hydrogen (secondary N) is 2. The Hall–Kier alpha value is -1.44. The molecule has 3 rings (SSSR count). The van der Waals surface area contributed by atoms with Crippen LogP contribution in [0.5, 0.6) is 0 Å². The first-order valence-corrected chi connectivity index (χ1v) is 8.60. The smallest absolute Gasteiger partial charge is 0.187 e. The lowest BCUT2D eigenvalue weighted by Gasteiger charge is -2.26. The Morgan fingerprint density at radius 2 is 2.22 bits per heavy atom. The maximum absolute atomic E-state index is 5.75. The van der Waals surface area contributed by atoms with Gasteiger partial charge in [0.2, 0.25) is 0 Å². The van der Waals surface area contributed by atoms with Crippen LogP contribution in [0.25, 0.3) is 0 Å². The highest BCUT2D eigenvalue weighted by atomic mass is 32.1. The second kappa shape index (κ2) is 7.90. The highest BCUT2D eigenvalue weighted by molar-refractivity contribution is 7.80. The Labute approximate surface area is 142 Å². The van der Waals surface area contributed by atoms with Crippen LogP contribution in [0.4, 0.5) is 0 Å². The summed E-state index contributed by atoms with van der Waals surface area (Å²) in [5.74, 6) is 3.15. The van der Waals surface area contributed by atoms with Gasteiger partial charge in [0.1, 0.15) is 11.5 Å². The van der Waals surface area contributed by atoms with Gasteiger partial charge in [-0.05, 0) is 36.7 Å². The quantitative estimate of drug-likeness (QED) is 0.467. The van der Waals surface area contributed by atoms with Crippen molar-refractivity contribution >= 4 is 23.5 Å². The van der Waals surface area contributed by atoms with E-state index >= 15 is 0 Å². The van der Waals surface area contributed by atoms with E-state index in [0.29, 0.717) is 11.0 Å². The maximum atomic E-state index is 5.75. The number of thiocarbonyl (C=S) groups is 1. The minimum absolute atomic E-state index is 0.525. The monoisotopic (exact) mass is 336 g/mol. The van der Waals surface area contributed by atoms with Gasteiger partial charge in [0.25, 0.3) is 0 Å². The fourth-order valence-electron chi connectivity index (χ4n) is 2.70. The van der Waals surface area contributed by atoms with Gasteiger partial charge in [-0.1, -0.05) is 6.92 Å². The van der Waals surface area contributed by atoms with Crippen LogP contribution >= 0.6 is 12.2 Å². The molecule has 1 aliphatic carbocycles. The summed E-state index contributed by atoms with van der Waals surface area (Å²) in [5, 5.41) is 7.79. The molecule has 2 N–H and O–H groups in total. The normalized spacial score (nSPS) is 24.7. The molecule has 23 heavy (non-hydrogen) atoms. The van der Waals surface area contributed by atoms with E-state index in [4.69, 9.17) is 21.4 Å². The van der Waals surface area contributed by atoms with Gasteiger partial charge >= 0.3 is 0 Å². The first-order chi connectivity index (χ1) is 11.2. The lowest BCUT2D eigenvalue weighted by molar-refractivity contribution is 0.0389. The van der Waals surface area contributed by atoms with Crippen LogP contribution < -0.4 is 10.7 Å².